The molecule has 2 aromatic rings. The van der Waals surface area contributed by atoms with E-state index in [2.05, 4.69) is 5.32 Å². The van der Waals surface area contributed by atoms with Crippen molar-refractivity contribution in [3.8, 4) is 28.7 Å². The van der Waals surface area contributed by atoms with Gasteiger partial charge in [-0.25, -0.2) is 0 Å². The van der Waals surface area contributed by atoms with Crippen molar-refractivity contribution in [3.63, 3.8) is 0 Å². The van der Waals surface area contributed by atoms with Gasteiger partial charge in [-0.05, 0) is 62.3 Å². The SMILES string of the molecule is CCOc1ccc(CCN2C(=O)/C(=C\c3cc(OC)c(OC)cc3OC)NC2=S)cc1OCC. The molecule has 8 nitrogen and oxygen atoms in total. The molecular weight excluding hydrogens is 456 g/mol. The molecule has 0 atom stereocenters. The Balaban J connectivity index is 1.78. The van der Waals surface area contributed by atoms with Crippen molar-refractivity contribution < 1.29 is 28.5 Å². The maximum atomic E-state index is 13.1. The van der Waals surface area contributed by atoms with Gasteiger partial charge in [0, 0.05) is 18.2 Å². The van der Waals surface area contributed by atoms with Gasteiger partial charge in [-0.15, -0.1) is 0 Å². The molecule has 1 fully saturated rings. The highest BCUT2D eigenvalue weighted by atomic mass is 32.1. The number of amides is 1. The van der Waals surface area contributed by atoms with Gasteiger partial charge in [-0.1, -0.05) is 6.07 Å². The Morgan fingerprint density at radius 1 is 0.882 bits per heavy atom. The van der Waals surface area contributed by atoms with Crippen molar-refractivity contribution in [2.24, 2.45) is 0 Å². The van der Waals surface area contributed by atoms with Gasteiger partial charge in [0.2, 0.25) is 0 Å². The van der Waals surface area contributed by atoms with Gasteiger partial charge in [0.05, 0.1) is 34.5 Å². The first-order valence-electron chi connectivity index (χ1n) is 11.0. The number of nitrogens with one attached hydrogen (secondary N) is 1. The number of hydrogen-bond donors (Lipinski definition) is 1. The number of methoxy groups -OCH3 is 3. The van der Waals surface area contributed by atoms with E-state index < -0.39 is 0 Å². The summed E-state index contributed by atoms with van der Waals surface area (Å²) in [5, 5.41) is 3.36. The zero-order chi connectivity index (χ0) is 24.7. The number of rotatable bonds is 11. The molecule has 9 heteroatoms. The number of thiocarbonyl (C=S) groups is 1. The highest BCUT2D eigenvalue weighted by molar-refractivity contribution is 7.80. The summed E-state index contributed by atoms with van der Waals surface area (Å²) in [7, 11) is 4.65. The first-order valence-corrected chi connectivity index (χ1v) is 11.4. The molecule has 1 heterocycles. The third-order valence-electron chi connectivity index (χ3n) is 5.23. The first-order chi connectivity index (χ1) is 16.4. The fraction of sp³-hybridized carbons (Fsp3) is 0.360. The van der Waals surface area contributed by atoms with Crippen LogP contribution in [0.4, 0.5) is 0 Å². The Kier molecular flexibility index (Phi) is 8.59. The predicted molar refractivity (Wildman–Crippen MR) is 134 cm³/mol. The molecule has 1 amide bonds. The standard InChI is InChI=1S/C25H30N2O6S/c1-6-32-19-9-8-16(12-23(19)33-7-2)10-11-27-24(28)18(26-25(27)34)13-17-14-21(30-4)22(31-5)15-20(17)29-3/h8-9,12-15H,6-7,10-11H2,1-5H3,(H,26,34)/b18-13+. The van der Waals surface area contributed by atoms with Gasteiger partial charge in [-0.2, -0.15) is 0 Å². The van der Waals surface area contributed by atoms with Gasteiger partial charge >= 0.3 is 0 Å². The molecule has 182 valence electrons. The van der Waals surface area contributed by atoms with Crippen molar-refractivity contribution in [2.75, 3.05) is 41.1 Å². The monoisotopic (exact) mass is 486 g/mol. The van der Waals surface area contributed by atoms with Gasteiger partial charge in [-0.3, -0.25) is 9.69 Å². The lowest BCUT2D eigenvalue weighted by molar-refractivity contribution is -0.122. The molecule has 0 bridgehead atoms. The molecular formula is C25H30N2O6S. The minimum Gasteiger partial charge on any atom is -0.496 e. The van der Waals surface area contributed by atoms with E-state index in [1.807, 2.05) is 32.0 Å². The minimum absolute atomic E-state index is 0.210. The molecule has 34 heavy (non-hydrogen) atoms. The van der Waals surface area contributed by atoms with Crippen LogP contribution in [0.25, 0.3) is 6.08 Å². The molecule has 1 aliphatic rings. The third-order valence-corrected chi connectivity index (χ3v) is 5.55. The lowest BCUT2D eigenvalue weighted by Gasteiger charge is -2.16. The smallest absolute Gasteiger partial charge is 0.276 e. The average Bonchev–Trinajstić information content (AvgIpc) is 3.11. The Labute approximate surface area is 205 Å². The Hall–Kier alpha value is -3.46. The third kappa shape index (κ3) is 5.53. The topological polar surface area (TPSA) is 78.5 Å². The highest BCUT2D eigenvalue weighted by Gasteiger charge is 2.30. The number of ether oxygens (including phenoxy) is 5. The largest absolute Gasteiger partial charge is 0.496 e. The molecule has 0 radical (unpaired) electrons. The van der Waals surface area contributed by atoms with Gasteiger partial charge in [0.25, 0.3) is 5.91 Å². The number of hydrogen-bond acceptors (Lipinski definition) is 7. The van der Waals surface area contributed by atoms with Crippen LogP contribution in [-0.2, 0) is 11.2 Å². The molecule has 0 aliphatic carbocycles. The van der Waals surface area contributed by atoms with E-state index in [1.54, 1.807) is 44.4 Å². The second-order valence-electron chi connectivity index (χ2n) is 7.29. The van der Waals surface area contributed by atoms with E-state index in [0.717, 1.165) is 5.56 Å². The molecule has 0 aromatic heterocycles. The van der Waals surface area contributed by atoms with Crippen molar-refractivity contribution in [1.29, 1.82) is 0 Å². The second kappa shape index (κ2) is 11.6. The number of carbonyl (C=O) groups is 1. The molecule has 1 N–H and O–H groups in total. The summed E-state index contributed by atoms with van der Waals surface area (Å²) in [5.74, 6) is 2.79. The molecule has 0 unspecified atom stereocenters. The van der Waals surface area contributed by atoms with Crippen LogP contribution in [0.15, 0.2) is 36.0 Å². The summed E-state index contributed by atoms with van der Waals surface area (Å²) in [4.78, 5) is 14.6. The van der Waals surface area contributed by atoms with Crippen LogP contribution in [0, 0.1) is 0 Å². The van der Waals surface area contributed by atoms with Crippen LogP contribution in [-0.4, -0.2) is 57.0 Å². The quantitative estimate of drug-likeness (QED) is 0.380. The van der Waals surface area contributed by atoms with E-state index in [9.17, 15) is 4.79 Å². The predicted octanol–water partition coefficient (Wildman–Crippen LogP) is 3.81. The van der Waals surface area contributed by atoms with Crippen LogP contribution in [0.1, 0.15) is 25.0 Å². The fourth-order valence-electron chi connectivity index (χ4n) is 3.59. The maximum Gasteiger partial charge on any atom is 0.276 e. The fourth-order valence-corrected chi connectivity index (χ4v) is 3.87. The summed E-state index contributed by atoms with van der Waals surface area (Å²) in [6, 6.07) is 9.26. The number of nitrogens with zero attached hydrogens (tertiary/aromatic N) is 1. The molecule has 1 aliphatic heterocycles. The van der Waals surface area contributed by atoms with Gasteiger partial charge in [0.15, 0.2) is 28.1 Å². The van der Waals surface area contributed by atoms with E-state index in [1.165, 1.54) is 0 Å². The first kappa shape index (κ1) is 25.2. The van der Waals surface area contributed by atoms with Crippen molar-refractivity contribution in [2.45, 2.75) is 20.3 Å². The summed E-state index contributed by atoms with van der Waals surface area (Å²) in [6.07, 6.45) is 2.30. The van der Waals surface area contributed by atoms with Crippen molar-refractivity contribution >= 4 is 29.3 Å². The van der Waals surface area contributed by atoms with Crippen LogP contribution in [0.2, 0.25) is 0 Å². The average molecular weight is 487 g/mol. The highest BCUT2D eigenvalue weighted by Crippen LogP contribution is 2.36. The van der Waals surface area contributed by atoms with E-state index >= 15 is 0 Å². The second-order valence-corrected chi connectivity index (χ2v) is 7.68. The van der Waals surface area contributed by atoms with Crippen LogP contribution >= 0.6 is 12.2 Å². The summed E-state index contributed by atoms with van der Waals surface area (Å²) in [6.45, 7) is 5.37. The van der Waals surface area contributed by atoms with Crippen molar-refractivity contribution in [1.82, 2.24) is 10.2 Å². The Morgan fingerprint density at radius 3 is 2.18 bits per heavy atom. The van der Waals surface area contributed by atoms with Crippen LogP contribution in [0.5, 0.6) is 28.7 Å². The molecule has 1 saturated heterocycles. The number of carbonyl (C=O) groups excluding carboxylic acids is 1. The summed E-state index contributed by atoms with van der Waals surface area (Å²) < 4.78 is 27.5. The maximum absolute atomic E-state index is 13.1. The molecule has 0 saturated carbocycles. The lowest BCUT2D eigenvalue weighted by atomic mass is 10.1. The van der Waals surface area contributed by atoms with Crippen LogP contribution < -0.4 is 29.0 Å². The van der Waals surface area contributed by atoms with E-state index in [-0.39, 0.29) is 5.91 Å². The summed E-state index contributed by atoms with van der Waals surface area (Å²) in [5.41, 5.74) is 2.03. The normalized spacial score (nSPS) is 14.3. The Bertz CT molecular complexity index is 1090. The van der Waals surface area contributed by atoms with E-state index in [4.69, 9.17) is 35.9 Å². The zero-order valence-electron chi connectivity index (χ0n) is 20.1. The van der Waals surface area contributed by atoms with Gasteiger partial charge in [0.1, 0.15) is 11.4 Å². The zero-order valence-corrected chi connectivity index (χ0v) is 20.9. The Morgan fingerprint density at radius 2 is 1.53 bits per heavy atom. The van der Waals surface area contributed by atoms with E-state index in [0.29, 0.717) is 71.3 Å². The minimum atomic E-state index is -0.210. The lowest BCUT2D eigenvalue weighted by Crippen LogP contribution is -2.32. The molecule has 0 spiro atoms. The van der Waals surface area contributed by atoms with Crippen molar-refractivity contribution in [3.05, 3.63) is 47.2 Å². The summed E-state index contributed by atoms with van der Waals surface area (Å²) >= 11 is 5.43. The molecule has 2 aromatic carbocycles. The van der Waals surface area contributed by atoms with Gasteiger partial charge < -0.3 is 29.0 Å². The van der Waals surface area contributed by atoms with Crippen LogP contribution in [0.3, 0.4) is 0 Å². The number of benzene rings is 2. The molecule has 3 rings (SSSR count).